The number of carboxylic acids is 1. The second kappa shape index (κ2) is 4.05. The first kappa shape index (κ1) is 10.2. The lowest BCUT2D eigenvalue weighted by Gasteiger charge is -2.26. The van der Waals surface area contributed by atoms with Crippen LogP contribution in [0.5, 0.6) is 0 Å². The molecule has 2 heteroatoms. The van der Waals surface area contributed by atoms with E-state index in [1.165, 1.54) is 24.8 Å². The number of benzene rings is 1. The van der Waals surface area contributed by atoms with E-state index < -0.39 is 5.97 Å². The van der Waals surface area contributed by atoms with Gasteiger partial charge >= 0.3 is 5.97 Å². The molecule has 0 radical (unpaired) electrons. The normalized spacial score (nSPS) is 16.1. The van der Waals surface area contributed by atoms with Gasteiger partial charge in [0.1, 0.15) is 0 Å². The average molecular weight is 204 g/mol. The number of hydrogen-bond acceptors (Lipinski definition) is 1. The minimum atomic E-state index is -0.813. The third-order valence-electron chi connectivity index (χ3n) is 3.32. The molecule has 0 spiro atoms. The van der Waals surface area contributed by atoms with Crippen molar-refractivity contribution in [3.63, 3.8) is 0 Å². The third kappa shape index (κ3) is 1.89. The van der Waals surface area contributed by atoms with Crippen LogP contribution in [0.4, 0.5) is 0 Å². The van der Waals surface area contributed by atoms with Gasteiger partial charge in [0, 0.05) is 0 Å². The Bertz CT molecular complexity index is 378. The molecule has 0 aliphatic heterocycles. The topological polar surface area (TPSA) is 37.3 Å². The maximum absolute atomic E-state index is 10.9. The zero-order chi connectivity index (χ0) is 10.8. The van der Waals surface area contributed by atoms with Crippen molar-refractivity contribution in [2.75, 3.05) is 0 Å². The Kier molecular flexibility index (Phi) is 2.76. The molecule has 1 aliphatic carbocycles. The van der Waals surface area contributed by atoms with Gasteiger partial charge in [0.25, 0.3) is 0 Å². The molecule has 2 rings (SSSR count). The van der Waals surface area contributed by atoms with Gasteiger partial charge in [-0.25, -0.2) is 4.79 Å². The molecule has 0 aromatic heterocycles. The fraction of sp³-hybridized carbons (Fsp3) is 0.462. The number of carboxylic acid groups (broad SMARTS) is 1. The summed E-state index contributed by atoms with van der Waals surface area (Å²) in [4.78, 5) is 10.9. The Balaban J connectivity index is 2.33. The molecule has 0 amide bonds. The molecular formula is C13H16O2. The zero-order valence-electron chi connectivity index (χ0n) is 8.99. The number of aromatic carboxylic acids is 1. The lowest BCUT2D eigenvalue weighted by atomic mass is 9.79. The van der Waals surface area contributed by atoms with E-state index in [-0.39, 0.29) is 0 Å². The SMILES string of the molecule is CCc1cc(C2CCC2)ccc1C(=O)O. The van der Waals surface area contributed by atoms with Crippen LogP contribution in [0.1, 0.15) is 53.6 Å². The molecule has 0 saturated heterocycles. The monoisotopic (exact) mass is 204 g/mol. The minimum Gasteiger partial charge on any atom is -0.478 e. The third-order valence-corrected chi connectivity index (χ3v) is 3.32. The Labute approximate surface area is 89.9 Å². The minimum absolute atomic E-state index is 0.459. The van der Waals surface area contributed by atoms with Gasteiger partial charge in [0.2, 0.25) is 0 Å². The second-order valence-corrected chi connectivity index (χ2v) is 4.20. The van der Waals surface area contributed by atoms with E-state index in [9.17, 15) is 4.79 Å². The van der Waals surface area contributed by atoms with Crippen LogP contribution in [0.2, 0.25) is 0 Å². The molecule has 0 unspecified atom stereocenters. The van der Waals surface area contributed by atoms with Crippen molar-refractivity contribution < 1.29 is 9.90 Å². The summed E-state index contributed by atoms with van der Waals surface area (Å²) in [6.45, 7) is 2.01. The van der Waals surface area contributed by atoms with E-state index in [2.05, 4.69) is 6.07 Å². The lowest BCUT2D eigenvalue weighted by molar-refractivity contribution is 0.0695. The molecule has 15 heavy (non-hydrogen) atoms. The van der Waals surface area contributed by atoms with Crippen molar-refractivity contribution in [3.8, 4) is 0 Å². The molecule has 0 atom stereocenters. The molecule has 2 nitrogen and oxygen atoms in total. The predicted octanol–water partition coefficient (Wildman–Crippen LogP) is 3.21. The first-order valence-corrected chi connectivity index (χ1v) is 5.58. The number of rotatable bonds is 3. The van der Waals surface area contributed by atoms with Gasteiger partial charge in [-0.3, -0.25) is 0 Å². The summed E-state index contributed by atoms with van der Waals surface area (Å²) >= 11 is 0. The van der Waals surface area contributed by atoms with Crippen LogP contribution in [0.25, 0.3) is 0 Å². The Morgan fingerprint density at radius 2 is 2.20 bits per heavy atom. The second-order valence-electron chi connectivity index (χ2n) is 4.20. The summed E-state index contributed by atoms with van der Waals surface area (Å²) in [6.07, 6.45) is 4.63. The molecule has 1 fully saturated rings. The Hall–Kier alpha value is -1.31. The summed E-state index contributed by atoms with van der Waals surface area (Å²) in [6, 6.07) is 5.81. The molecular weight excluding hydrogens is 188 g/mol. The van der Waals surface area contributed by atoms with Crippen molar-refractivity contribution in [1.29, 1.82) is 0 Å². The van der Waals surface area contributed by atoms with Crippen LogP contribution in [0.3, 0.4) is 0 Å². The van der Waals surface area contributed by atoms with E-state index in [0.717, 1.165) is 12.0 Å². The van der Waals surface area contributed by atoms with Crippen molar-refractivity contribution >= 4 is 5.97 Å². The van der Waals surface area contributed by atoms with Gasteiger partial charge < -0.3 is 5.11 Å². The maximum Gasteiger partial charge on any atom is 0.335 e. The summed E-state index contributed by atoms with van der Waals surface area (Å²) in [5.74, 6) is -0.134. The Morgan fingerprint density at radius 3 is 2.67 bits per heavy atom. The summed E-state index contributed by atoms with van der Waals surface area (Å²) in [5, 5.41) is 9.00. The maximum atomic E-state index is 10.9. The fourth-order valence-electron chi connectivity index (χ4n) is 2.11. The highest BCUT2D eigenvalue weighted by atomic mass is 16.4. The molecule has 0 bridgehead atoms. The van der Waals surface area contributed by atoms with E-state index in [4.69, 9.17) is 5.11 Å². The summed E-state index contributed by atoms with van der Waals surface area (Å²) < 4.78 is 0. The summed E-state index contributed by atoms with van der Waals surface area (Å²) in [5.41, 5.74) is 2.75. The van der Waals surface area contributed by atoms with Crippen LogP contribution in [0, 0.1) is 0 Å². The molecule has 1 aromatic carbocycles. The Morgan fingerprint density at radius 1 is 1.47 bits per heavy atom. The quantitative estimate of drug-likeness (QED) is 0.820. The largest absolute Gasteiger partial charge is 0.478 e. The fourth-order valence-corrected chi connectivity index (χ4v) is 2.11. The van der Waals surface area contributed by atoms with E-state index in [0.29, 0.717) is 11.5 Å². The first-order chi connectivity index (χ1) is 7.22. The van der Waals surface area contributed by atoms with Crippen LogP contribution >= 0.6 is 0 Å². The predicted molar refractivity (Wildman–Crippen MR) is 59.4 cm³/mol. The lowest BCUT2D eigenvalue weighted by Crippen LogP contribution is -2.10. The first-order valence-electron chi connectivity index (χ1n) is 5.58. The highest BCUT2D eigenvalue weighted by molar-refractivity contribution is 5.89. The van der Waals surface area contributed by atoms with Gasteiger partial charge in [-0.1, -0.05) is 25.5 Å². The average Bonchev–Trinajstić information content (AvgIpc) is 2.14. The van der Waals surface area contributed by atoms with Gasteiger partial charge in [0.05, 0.1) is 5.56 Å². The van der Waals surface area contributed by atoms with Crippen molar-refractivity contribution in [3.05, 3.63) is 34.9 Å². The van der Waals surface area contributed by atoms with Crippen LogP contribution in [0.15, 0.2) is 18.2 Å². The molecule has 1 aromatic rings. The van der Waals surface area contributed by atoms with Crippen LogP contribution in [-0.4, -0.2) is 11.1 Å². The molecule has 1 aliphatic rings. The van der Waals surface area contributed by atoms with Gasteiger partial charge in [0.15, 0.2) is 0 Å². The van der Waals surface area contributed by atoms with Crippen molar-refractivity contribution in [2.24, 2.45) is 0 Å². The standard InChI is InChI=1S/C13H16O2/c1-2-9-8-11(10-4-3-5-10)6-7-12(9)13(14)15/h6-8,10H,2-5H2,1H3,(H,14,15). The van der Waals surface area contributed by atoms with Gasteiger partial charge in [-0.05, 0) is 42.4 Å². The summed E-state index contributed by atoms with van der Waals surface area (Å²) in [7, 11) is 0. The number of hydrogen-bond donors (Lipinski definition) is 1. The molecule has 0 heterocycles. The van der Waals surface area contributed by atoms with Crippen LogP contribution in [-0.2, 0) is 6.42 Å². The van der Waals surface area contributed by atoms with E-state index >= 15 is 0 Å². The molecule has 80 valence electrons. The van der Waals surface area contributed by atoms with Crippen molar-refractivity contribution in [2.45, 2.75) is 38.5 Å². The van der Waals surface area contributed by atoms with E-state index in [1.807, 2.05) is 13.0 Å². The van der Waals surface area contributed by atoms with Gasteiger partial charge in [-0.15, -0.1) is 0 Å². The van der Waals surface area contributed by atoms with E-state index in [1.54, 1.807) is 6.07 Å². The van der Waals surface area contributed by atoms with Gasteiger partial charge in [-0.2, -0.15) is 0 Å². The smallest absolute Gasteiger partial charge is 0.335 e. The number of carbonyl (C=O) groups is 1. The molecule has 1 N–H and O–H groups in total. The van der Waals surface area contributed by atoms with Crippen LogP contribution < -0.4 is 0 Å². The zero-order valence-corrected chi connectivity index (χ0v) is 8.99. The molecule has 1 saturated carbocycles. The highest BCUT2D eigenvalue weighted by Gasteiger charge is 2.20. The van der Waals surface area contributed by atoms with Crippen molar-refractivity contribution in [1.82, 2.24) is 0 Å². The highest BCUT2D eigenvalue weighted by Crippen LogP contribution is 2.36. The number of aryl methyl sites for hydroxylation is 1.